The van der Waals surface area contributed by atoms with E-state index >= 15 is 0 Å². The van der Waals surface area contributed by atoms with Gasteiger partial charge >= 0.3 is 23.9 Å². The van der Waals surface area contributed by atoms with Crippen LogP contribution in [0.2, 0.25) is 0 Å². The zero-order valence-electron chi connectivity index (χ0n) is 16.2. The molecule has 0 saturated heterocycles. The molecule has 1 aliphatic rings. The van der Waals surface area contributed by atoms with Crippen molar-refractivity contribution >= 4 is 23.9 Å². The van der Waals surface area contributed by atoms with Gasteiger partial charge in [-0.15, -0.1) is 0 Å². The molecule has 2 unspecified atom stereocenters. The van der Waals surface area contributed by atoms with Crippen molar-refractivity contribution in [2.24, 2.45) is 22.7 Å². The van der Waals surface area contributed by atoms with E-state index in [0.717, 1.165) is 28.4 Å². The van der Waals surface area contributed by atoms with Crippen LogP contribution < -0.4 is 0 Å². The fraction of sp³-hybridized carbons (Fsp3) is 0.778. The van der Waals surface area contributed by atoms with Crippen LogP contribution in [0.25, 0.3) is 0 Å². The second-order valence-electron chi connectivity index (χ2n) is 6.37. The number of rotatable bonds is 8. The molecule has 1 rings (SSSR count). The summed E-state index contributed by atoms with van der Waals surface area (Å²) in [5.41, 5.74) is -4.26. The Balaban J connectivity index is 3.89. The molecular weight excluding hydrogens is 344 g/mol. The van der Waals surface area contributed by atoms with Crippen molar-refractivity contribution in [2.75, 3.05) is 28.4 Å². The van der Waals surface area contributed by atoms with E-state index in [4.69, 9.17) is 18.9 Å². The first-order valence-corrected chi connectivity index (χ1v) is 8.66. The molecule has 2 atom stereocenters. The molecule has 148 valence electrons. The van der Waals surface area contributed by atoms with Crippen LogP contribution in [0, 0.1) is 22.7 Å². The quantitative estimate of drug-likeness (QED) is 0.358. The minimum atomic E-state index is -2.13. The summed E-state index contributed by atoms with van der Waals surface area (Å²) in [6.07, 6.45) is 2.15. The molecule has 8 nitrogen and oxygen atoms in total. The Bertz CT molecular complexity index is 486. The summed E-state index contributed by atoms with van der Waals surface area (Å²) in [4.78, 5) is 51.5. The van der Waals surface area contributed by atoms with E-state index in [1.54, 1.807) is 0 Å². The summed E-state index contributed by atoms with van der Waals surface area (Å²) >= 11 is 0. The molecule has 0 radical (unpaired) electrons. The maximum Gasteiger partial charge on any atom is 0.325 e. The molecule has 0 amide bonds. The van der Waals surface area contributed by atoms with Crippen molar-refractivity contribution in [1.82, 2.24) is 0 Å². The molecule has 26 heavy (non-hydrogen) atoms. The lowest BCUT2D eigenvalue weighted by Crippen LogP contribution is -2.78. The van der Waals surface area contributed by atoms with Crippen molar-refractivity contribution in [2.45, 2.75) is 39.5 Å². The molecule has 0 aromatic carbocycles. The van der Waals surface area contributed by atoms with Crippen LogP contribution in [-0.2, 0) is 38.1 Å². The van der Waals surface area contributed by atoms with Crippen molar-refractivity contribution < 1.29 is 38.1 Å². The minimum Gasteiger partial charge on any atom is -0.468 e. The monoisotopic (exact) mass is 372 g/mol. The van der Waals surface area contributed by atoms with E-state index in [1.807, 2.05) is 13.8 Å². The van der Waals surface area contributed by atoms with Gasteiger partial charge < -0.3 is 18.9 Å². The molecule has 0 aromatic rings. The summed E-state index contributed by atoms with van der Waals surface area (Å²) in [5, 5.41) is 0. The van der Waals surface area contributed by atoms with Crippen molar-refractivity contribution in [3.8, 4) is 0 Å². The normalized spacial score (nSPS) is 22.5. The van der Waals surface area contributed by atoms with Crippen LogP contribution in [0.4, 0.5) is 0 Å². The van der Waals surface area contributed by atoms with Gasteiger partial charge in [-0.2, -0.15) is 0 Å². The highest BCUT2D eigenvalue weighted by molar-refractivity contribution is 6.17. The van der Waals surface area contributed by atoms with Gasteiger partial charge in [-0.3, -0.25) is 19.2 Å². The van der Waals surface area contributed by atoms with Crippen LogP contribution >= 0.6 is 0 Å². The van der Waals surface area contributed by atoms with E-state index in [-0.39, 0.29) is 0 Å². The molecular formula is C18H28O8. The molecule has 0 N–H and O–H groups in total. The van der Waals surface area contributed by atoms with E-state index in [0.29, 0.717) is 25.7 Å². The molecule has 0 bridgehead atoms. The van der Waals surface area contributed by atoms with E-state index in [1.165, 1.54) is 0 Å². The first-order chi connectivity index (χ1) is 12.3. The molecule has 1 saturated carbocycles. The summed E-state index contributed by atoms with van der Waals surface area (Å²) < 4.78 is 19.5. The summed E-state index contributed by atoms with van der Waals surface area (Å²) in [5.74, 6) is -5.19. The van der Waals surface area contributed by atoms with E-state index in [2.05, 4.69) is 0 Å². The van der Waals surface area contributed by atoms with E-state index in [9.17, 15) is 19.2 Å². The second-order valence-corrected chi connectivity index (χ2v) is 6.37. The first kappa shape index (κ1) is 21.9. The average Bonchev–Trinajstić information content (AvgIpc) is 2.66. The summed E-state index contributed by atoms with van der Waals surface area (Å²) in [6, 6.07) is 0. The Hall–Kier alpha value is -2.12. The molecule has 8 heteroatoms. The first-order valence-electron chi connectivity index (χ1n) is 8.66. The predicted octanol–water partition coefficient (Wildman–Crippen LogP) is 1.50. The lowest BCUT2D eigenvalue weighted by atomic mass is 9.36. The maximum atomic E-state index is 12.9. The fourth-order valence-corrected chi connectivity index (χ4v) is 4.61. The topological polar surface area (TPSA) is 105 Å². The van der Waals surface area contributed by atoms with Crippen LogP contribution in [0.3, 0.4) is 0 Å². The van der Waals surface area contributed by atoms with Gasteiger partial charge in [0, 0.05) is 0 Å². The second kappa shape index (κ2) is 8.51. The molecule has 1 fully saturated rings. The van der Waals surface area contributed by atoms with Crippen LogP contribution in [0.15, 0.2) is 0 Å². The molecule has 0 spiro atoms. The van der Waals surface area contributed by atoms with Crippen molar-refractivity contribution in [1.29, 1.82) is 0 Å². The lowest BCUT2D eigenvalue weighted by molar-refractivity contribution is -0.249. The zero-order chi connectivity index (χ0) is 20.1. The zero-order valence-corrected chi connectivity index (χ0v) is 16.2. The van der Waals surface area contributed by atoms with Crippen LogP contribution in [0.5, 0.6) is 0 Å². The van der Waals surface area contributed by atoms with Gasteiger partial charge in [-0.05, 0) is 24.7 Å². The number of esters is 4. The van der Waals surface area contributed by atoms with E-state index < -0.39 is 46.5 Å². The van der Waals surface area contributed by atoms with Crippen LogP contribution in [0.1, 0.15) is 39.5 Å². The molecule has 0 heterocycles. The highest BCUT2D eigenvalue weighted by Gasteiger charge is 2.87. The van der Waals surface area contributed by atoms with Gasteiger partial charge in [-0.25, -0.2) is 0 Å². The predicted molar refractivity (Wildman–Crippen MR) is 89.7 cm³/mol. The minimum absolute atomic E-state index is 0.435. The van der Waals surface area contributed by atoms with Gasteiger partial charge in [0.05, 0.1) is 28.4 Å². The van der Waals surface area contributed by atoms with Crippen molar-refractivity contribution in [3.63, 3.8) is 0 Å². The Labute approximate surface area is 153 Å². The smallest absolute Gasteiger partial charge is 0.325 e. The maximum absolute atomic E-state index is 12.9. The Kier molecular flexibility index (Phi) is 7.17. The molecule has 1 aliphatic carbocycles. The number of methoxy groups -OCH3 is 4. The Morgan fingerprint density at radius 3 is 1.00 bits per heavy atom. The van der Waals surface area contributed by atoms with Gasteiger partial charge in [-0.1, -0.05) is 26.7 Å². The third-order valence-corrected chi connectivity index (χ3v) is 5.45. The molecule has 0 aromatic heterocycles. The number of hydrogen-bond donors (Lipinski definition) is 0. The number of carbonyl (C=O) groups is 4. The largest absolute Gasteiger partial charge is 0.468 e. The van der Waals surface area contributed by atoms with Gasteiger partial charge in [0.15, 0.2) is 10.8 Å². The number of hydrogen-bond acceptors (Lipinski definition) is 8. The number of ether oxygens (including phenoxy) is 4. The Morgan fingerprint density at radius 1 is 0.615 bits per heavy atom. The molecule has 0 aliphatic heterocycles. The highest BCUT2D eigenvalue weighted by atomic mass is 16.6. The SMILES string of the molecule is CCCC1C(CCC)C(C(=O)OC)(C(=O)OC)C1(C(=O)OC)C(=O)OC. The summed E-state index contributed by atoms with van der Waals surface area (Å²) in [7, 11) is 4.40. The van der Waals surface area contributed by atoms with Gasteiger partial charge in [0.2, 0.25) is 0 Å². The van der Waals surface area contributed by atoms with Crippen molar-refractivity contribution in [3.05, 3.63) is 0 Å². The fourth-order valence-electron chi connectivity index (χ4n) is 4.61. The standard InChI is InChI=1S/C18H28O8/c1-7-9-11-12(10-8-2)18(15(21)25-5,16(22)26-6)17(11,13(19)23-3)14(20)24-4/h11-12H,7-10H2,1-6H3. The van der Waals surface area contributed by atoms with Crippen LogP contribution in [-0.4, -0.2) is 52.3 Å². The Morgan fingerprint density at radius 2 is 0.846 bits per heavy atom. The number of carbonyl (C=O) groups excluding carboxylic acids is 4. The lowest BCUT2D eigenvalue weighted by Gasteiger charge is -2.61. The average molecular weight is 372 g/mol. The highest BCUT2D eigenvalue weighted by Crippen LogP contribution is 2.69. The third-order valence-electron chi connectivity index (χ3n) is 5.45. The summed E-state index contributed by atoms with van der Waals surface area (Å²) in [6.45, 7) is 3.78. The van der Waals surface area contributed by atoms with Gasteiger partial charge in [0.25, 0.3) is 0 Å². The van der Waals surface area contributed by atoms with Gasteiger partial charge in [0.1, 0.15) is 0 Å². The third kappa shape index (κ3) is 2.57.